The molecule has 0 radical (unpaired) electrons. The SMILES string of the molecule is CCOC(=O)c1csc(-c2ccc(C(=O)OC)nc2-c2csc(C)n2)n1. The van der Waals surface area contributed by atoms with Gasteiger partial charge in [-0.1, -0.05) is 0 Å². The van der Waals surface area contributed by atoms with Crippen LogP contribution in [0.5, 0.6) is 0 Å². The lowest BCUT2D eigenvalue weighted by Gasteiger charge is -2.06. The Morgan fingerprint density at radius 2 is 1.85 bits per heavy atom. The Bertz CT molecular complexity index is 965. The molecule has 0 aromatic carbocycles. The summed E-state index contributed by atoms with van der Waals surface area (Å²) in [4.78, 5) is 36.9. The molecule has 0 N–H and O–H groups in total. The maximum absolute atomic E-state index is 11.9. The molecular weight excluding hydrogens is 374 g/mol. The van der Waals surface area contributed by atoms with Crippen molar-refractivity contribution in [1.29, 1.82) is 0 Å². The van der Waals surface area contributed by atoms with Gasteiger partial charge in [-0.05, 0) is 26.0 Å². The van der Waals surface area contributed by atoms with E-state index in [2.05, 4.69) is 15.0 Å². The molecule has 0 aliphatic heterocycles. The van der Waals surface area contributed by atoms with Crippen LogP contribution in [0.25, 0.3) is 22.0 Å². The van der Waals surface area contributed by atoms with E-state index in [1.807, 2.05) is 12.3 Å². The van der Waals surface area contributed by atoms with E-state index < -0.39 is 11.9 Å². The summed E-state index contributed by atoms with van der Waals surface area (Å²) in [5.74, 6) is -1.00. The zero-order valence-corrected chi connectivity index (χ0v) is 15.9. The zero-order chi connectivity index (χ0) is 18.7. The van der Waals surface area contributed by atoms with Crippen LogP contribution in [0, 0.1) is 6.92 Å². The van der Waals surface area contributed by atoms with Crippen LogP contribution in [0.2, 0.25) is 0 Å². The van der Waals surface area contributed by atoms with Gasteiger partial charge in [-0.15, -0.1) is 22.7 Å². The van der Waals surface area contributed by atoms with Gasteiger partial charge in [0.2, 0.25) is 0 Å². The van der Waals surface area contributed by atoms with E-state index in [1.54, 1.807) is 24.4 Å². The third-order valence-electron chi connectivity index (χ3n) is 3.37. The molecule has 0 spiro atoms. The van der Waals surface area contributed by atoms with Gasteiger partial charge in [-0.3, -0.25) is 0 Å². The number of nitrogens with zero attached hydrogens (tertiary/aromatic N) is 3. The summed E-state index contributed by atoms with van der Waals surface area (Å²) in [6.07, 6.45) is 0. The highest BCUT2D eigenvalue weighted by atomic mass is 32.1. The molecule has 26 heavy (non-hydrogen) atoms. The molecule has 0 fully saturated rings. The molecule has 9 heteroatoms. The number of carbonyl (C=O) groups is 2. The average molecular weight is 389 g/mol. The van der Waals surface area contributed by atoms with Crippen molar-refractivity contribution in [2.75, 3.05) is 13.7 Å². The van der Waals surface area contributed by atoms with Gasteiger partial charge in [-0.2, -0.15) is 0 Å². The van der Waals surface area contributed by atoms with Crippen LogP contribution in [0.3, 0.4) is 0 Å². The average Bonchev–Trinajstić information content (AvgIpc) is 3.30. The number of carbonyl (C=O) groups excluding carboxylic acids is 2. The molecule has 0 bridgehead atoms. The van der Waals surface area contributed by atoms with E-state index in [-0.39, 0.29) is 18.0 Å². The topological polar surface area (TPSA) is 91.3 Å². The van der Waals surface area contributed by atoms with Gasteiger partial charge in [0, 0.05) is 16.3 Å². The van der Waals surface area contributed by atoms with Crippen LogP contribution in [0.4, 0.5) is 0 Å². The molecule has 0 amide bonds. The van der Waals surface area contributed by atoms with Gasteiger partial charge in [-0.25, -0.2) is 24.5 Å². The van der Waals surface area contributed by atoms with Crippen LogP contribution < -0.4 is 0 Å². The first-order valence-electron chi connectivity index (χ1n) is 7.68. The van der Waals surface area contributed by atoms with E-state index >= 15 is 0 Å². The summed E-state index contributed by atoms with van der Waals surface area (Å²) >= 11 is 2.78. The molecular formula is C17H15N3O4S2. The molecule has 134 valence electrons. The Balaban J connectivity index is 2.09. The smallest absolute Gasteiger partial charge is 0.357 e. The summed E-state index contributed by atoms with van der Waals surface area (Å²) in [5.41, 5.74) is 2.26. The molecule has 0 aliphatic rings. The lowest BCUT2D eigenvalue weighted by Crippen LogP contribution is -2.06. The van der Waals surface area contributed by atoms with Gasteiger partial charge in [0.1, 0.15) is 22.1 Å². The maximum Gasteiger partial charge on any atom is 0.357 e. The Morgan fingerprint density at radius 3 is 2.50 bits per heavy atom. The molecule has 0 saturated heterocycles. The Labute approximate surface area is 157 Å². The van der Waals surface area contributed by atoms with Crippen LogP contribution in [-0.2, 0) is 9.47 Å². The van der Waals surface area contributed by atoms with Crippen molar-refractivity contribution < 1.29 is 19.1 Å². The number of hydrogen-bond acceptors (Lipinski definition) is 9. The minimum absolute atomic E-state index is 0.180. The third kappa shape index (κ3) is 3.63. The third-order valence-corrected chi connectivity index (χ3v) is 5.02. The number of hydrogen-bond donors (Lipinski definition) is 0. The number of ether oxygens (including phenoxy) is 2. The number of methoxy groups -OCH3 is 1. The van der Waals surface area contributed by atoms with Crippen molar-refractivity contribution in [3.63, 3.8) is 0 Å². The van der Waals surface area contributed by atoms with Crippen molar-refractivity contribution in [3.05, 3.63) is 39.3 Å². The molecule has 0 atom stereocenters. The predicted octanol–water partition coefficient (Wildman–Crippen LogP) is 3.60. The minimum Gasteiger partial charge on any atom is -0.464 e. The first-order valence-corrected chi connectivity index (χ1v) is 9.44. The van der Waals surface area contributed by atoms with Gasteiger partial charge in [0.25, 0.3) is 0 Å². The molecule has 3 rings (SSSR count). The molecule has 0 aliphatic carbocycles. The lowest BCUT2D eigenvalue weighted by atomic mass is 10.1. The van der Waals surface area contributed by atoms with Gasteiger partial charge >= 0.3 is 11.9 Å². The summed E-state index contributed by atoms with van der Waals surface area (Å²) in [6.45, 7) is 3.91. The number of thiazole rings is 2. The van der Waals surface area contributed by atoms with Crippen molar-refractivity contribution in [1.82, 2.24) is 15.0 Å². The summed E-state index contributed by atoms with van der Waals surface area (Å²) < 4.78 is 9.73. The van der Waals surface area contributed by atoms with E-state index in [0.29, 0.717) is 22.0 Å². The summed E-state index contributed by atoms with van der Waals surface area (Å²) in [5, 5.41) is 4.97. The second kappa shape index (κ2) is 7.71. The Kier molecular flexibility index (Phi) is 5.38. The van der Waals surface area contributed by atoms with Crippen LogP contribution in [0.1, 0.15) is 32.9 Å². The number of esters is 2. The summed E-state index contributed by atoms with van der Waals surface area (Å²) in [6, 6.07) is 3.30. The second-order valence-corrected chi connectivity index (χ2v) is 7.01. The minimum atomic E-state index is -0.531. The molecule has 3 aromatic heterocycles. The highest BCUT2D eigenvalue weighted by Crippen LogP contribution is 2.33. The van der Waals surface area contributed by atoms with E-state index in [0.717, 1.165) is 5.01 Å². The first kappa shape index (κ1) is 18.2. The normalized spacial score (nSPS) is 10.6. The van der Waals surface area contributed by atoms with E-state index in [9.17, 15) is 9.59 Å². The van der Waals surface area contributed by atoms with Gasteiger partial charge in [0.15, 0.2) is 5.69 Å². The van der Waals surface area contributed by atoms with Gasteiger partial charge in [0.05, 0.1) is 18.7 Å². The van der Waals surface area contributed by atoms with Gasteiger partial charge < -0.3 is 9.47 Å². The highest BCUT2D eigenvalue weighted by Gasteiger charge is 2.20. The number of rotatable bonds is 5. The maximum atomic E-state index is 11.9. The fraction of sp³-hybridized carbons (Fsp3) is 0.235. The van der Waals surface area contributed by atoms with Crippen molar-refractivity contribution in [2.24, 2.45) is 0 Å². The van der Waals surface area contributed by atoms with E-state index in [1.165, 1.54) is 29.8 Å². The van der Waals surface area contributed by atoms with Crippen LogP contribution in [0.15, 0.2) is 22.9 Å². The predicted molar refractivity (Wildman–Crippen MR) is 98.5 cm³/mol. The first-order chi connectivity index (χ1) is 12.5. The van der Waals surface area contributed by atoms with Crippen molar-refractivity contribution >= 4 is 34.6 Å². The fourth-order valence-electron chi connectivity index (χ4n) is 2.21. The monoisotopic (exact) mass is 389 g/mol. The number of aromatic nitrogens is 3. The summed E-state index contributed by atoms with van der Waals surface area (Å²) in [7, 11) is 1.30. The molecule has 3 aromatic rings. The number of aryl methyl sites for hydroxylation is 1. The van der Waals surface area contributed by atoms with Crippen molar-refractivity contribution in [3.8, 4) is 22.0 Å². The largest absolute Gasteiger partial charge is 0.464 e. The van der Waals surface area contributed by atoms with Crippen molar-refractivity contribution in [2.45, 2.75) is 13.8 Å². The number of pyridine rings is 1. The fourth-order valence-corrected chi connectivity index (χ4v) is 3.63. The lowest BCUT2D eigenvalue weighted by molar-refractivity contribution is 0.0519. The zero-order valence-electron chi connectivity index (χ0n) is 14.3. The standard InChI is InChI=1S/C17H15N3O4S2/c1-4-24-17(22)13-8-26-15(20-13)10-5-6-11(16(21)23-3)19-14(10)12-7-25-9(2)18-12/h5-8H,4H2,1-3H3. The highest BCUT2D eigenvalue weighted by molar-refractivity contribution is 7.13. The van der Waals surface area contributed by atoms with Crippen LogP contribution >= 0.6 is 22.7 Å². The second-order valence-electron chi connectivity index (χ2n) is 5.09. The quantitative estimate of drug-likeness (QED) is 0.616. The molecule has 0 saturated carbocycles. The van der Waals surface area contributed by atoms with E-state index in [4.69, 9.17) is 9.47 Å². The van der Waals surface area contributed by atoms with Crippen LogP contribution in [-0.4, -0.2) is 40.6 Å². The Hall–Kier alpha value is -2.65. The molecule has 7 nitrogen and oxygen atoms in total. The Morgan fingerprint density at radius 1 is 1.04 bits per heavy atom. The molecule has 0 unspecified atom stereocenters. The molecule has 3 heterocycles.